The van der Waals surface area contributed by atoms with Crippen molar-refractivity contribution >= 4 is 13.7 Å². The van der Waals surface area contributed by atoms with Crippen molar-refractivity contribution in [3.8, 4) is 0 Å². The van der Waals surface area contributed by atoms with E-state index in [4.69, 9.17) is 9.05 Å². The van der Waals surface area contributed by atoms with Gasteiger partial charge < -0.3 is 19.8 Å². The van der Waals surface area contributed by atoms with Crippen molar-refractivity contribution in [2.45, 2.75) is 315 Å². The van der Waals surface area contributed by atoms with Crippen LogP contribution in [0, 0.1) is 0 Å². The molecule has 0 bridgehead atoms. The summed E-state index contributed by atoms with van der Waals surface area (Å²) < 4.78 is 23.8. The lowest BCUT2D eigenvalue weighted by molar-refractivity contribution is -0.870. The van der Waals surface area contributed by atoms with Crippen molar-refractivity contribution in [3.05, 3.63) is 12.2 Å². The molecular formula is C58H118N2O6P+. The van der Waals surface area contributed by atoms with Gasteiger partial charge >= 0.3 is 7.82 Å². The first-order valence-corrected chi connectivity index (χ1v) is 31.0. The van der Waals surface area contributed by atoms with Crippen LogP contribution in [-0.2, 0) is 18.4 Å². The number of amides is 1. The molecule has 3 N–H and O–H groups in total. The number of nitrogens with one attached hydrogen (secondary N) is 1. The van der Waals surface area contributed by atoms with Crippen molar-refractivity contribution in [3.63, 3.8) is 0 Å². The lowest BCUT2D eigenvalue weighted by atomic mass is 10.0. The molecule has 0 radical (unpaired) electrons. The van der Waals surface area contributed by atoms with E-state index in [1.807, 2.05) is 21.1 Å². The number of allylic oxidation sites excluding steroid dienone is 2. The molecule has 0 saturated heterocycles. The number of aliphatic hydroxyl groups is 1. The molecule has 1 amide bonds. The Hall–Kier alpha value is -0.760. The second-order valence-corrected chi connectivity index (χ2v) is 23.2. The highest BCUT2D eigenvalue weighted by molar-refractivity contribution is 7.47. The number of carbonyl (C=O) groups is 1. The van der Waals surface area contributed by atoms with Gasteiger partial charge in [0.05, 0.1) is 39.9 Å². The Morgan fingerprint density at radius 1 is 0.493 bits per heavy atom. The van der Waals surface area contributed by atoms with Gasteiger partial charge in [-0.25, -0.2) is 4.57 Å². The maximum atomic E-state index is 13.0. The Morgan fingerprint density at radius 3 is 1.15 bits per heavy atom. The summed E-state index contributed by atoms with van der Waals surface area (Å²) in [7, 11) is 1.63. The molecule has 0 fully saturated rings. The zero-order valence-electron chi connectivity index (χ0n) is 45.7. The summed E-state index contributed by atoms with van der Waals surface area (Å²) in [6, 6.07) is -0.759. The molecule has 0 saturated carbocycles. The van der Waals surface area contributed by atoms with Gasteiger partial charge in [0, 0.05) is 6.42 Å². The number of phosphoric ester groups is 1. The third-order valence-corrected chi connectivity index (χ3v) is 14.7. The van der Waals surface area contributed by atoms with E-state index in [0.29, 0.717) is 23.9 Å². The summed E-state index contributed by atoms with van der Waals surface area (Å²) in [5.74, 6) is -0.141. The number of unbranched alkanes of at least 4 members (excludes halogenated alkanes) is 40. The molecule has 0 spiro atoms. The van der Waals surface area contributed by atoms with E-state index in [2.05, 4.69) is 31.3 Å². The van der Waals surface area contributed by atoms with Crippen LogP contribution in [0.2, 0.25) is 0 Å². The highest BCUT2D eigenvalue weighted by Gasteiger charge is 2.28. The number of phosphoric acid groups is 1. The van der Waals surface area contributed by atoms with Crippen LogP contribution in [0.25, 0.3) is 0 Å². The summed E-state index contributed by atoms with van der Waals surface area (Å²) in [4.78, 5) is 23.3. The fourth-order valence-electron chi connectivity index (χ4n) is 9.10. The van der Waals surface area contributed by atoms with Crippen molar-refractivity contribution in [2.75, 3.05) is 40.9 Å². The zero-order valence-corrected chi connectivity index (χ0v) is 46.6. The Labute approximate surface area is 418 Å². The van der Waals surface area contributed by atoms with Crippen molar-refractivity contribution in [1.82, 2.24) is 5.32 Å². The van der Waals surface area contributed by atoms with Crippen LogP contribution in [0.1, 0.15) is 303 Å². The molecule has 0 aromatic rings. The first-order chi connectivity index (χ1) is 32.5. The summed E-state index contributed by atoms with van der Waals surface area (Å²) in [6.45, 7) is 4.94. The van der Waals surface area contributed by atoms with Gasteiger partial charge in [-0.05, 0) is 38.5 Å². The van der Waals surface area contributed by atoms with E-state index in [0.717, 1.165) is 38.5 Å². The lowest BCUT2D eigenvalue weighted by Gasteiger charge is -2.26. The molecule has 0 aromatic carbocycles. The number of nitrogens with zero attached hydrogens (tertiary/aromatic N) is 1. The average molecular weight is 971 g/mol. The minimum Gasteiger partial charge on any atom is -0.391 e. The first kappa shape index (κ1) is 66.2. The number of carbonyl (C=O) groups excluding carboxylic acids is 1. The van der Waals surface area contributed by atoms with Gasteiger partial charge in [0.2, 0.25) is 5.91 Å². The highest BCUT2D eigenvalue weighted by atomic mass is 31.2. The second kappa shape index (κ2) is 50.2. The van der Waals surface area contributed by atoms with Crippen LogP contribution in [0.5, 0.6) is 0 Å². The van der Waals surface area contributed by atoms with E-state index in [9.17, 15) is 19.4 Å². The topological polar surface area (TPSA) is 105 Å². The predicted octanol–water partition coefficient (Wildman–Crippen LogP) is 17.8. The SMILES string of the molecule is CCCCCCCCCC/C=C\CCCCCCCCCCCC(=O)NC(COP(=O)(O)OCC[N+](C)(C)C)C(O)CCCCCCCCCCCCCCCCCCCCCCCCCC. The largest absolute Gasteiger partial charge is 0.472 e. The maximum Gasteiger partial charge on any atom is 0.472 e. The Bertz CT molecular complexity index is 1100. The highest BCUT2D eigenvalue weighted by Crippen LogP contribution is 2.43. The molecule has 0 rings (SSSR count). The van der Waals surface area contributed by atoms with E-state index in [1.165, 1.54) is 238 Å². The van der Waals surface area contributed by atoms with Crippen molar-refractivity contribution in [2.24, 2.45) is 0 Å². The second-order valence-electron chi connectivity index (χ2n) is 21.7. The molecule has 67 heavy (non-hydrogen) atoms. The number of likely N-dealkylation sites (N-methyl/N-ethyl adjacent to an activating group) is 1. The van der Waals surface area contributed by atoms with Gasteiger partial charge in [-0.1, -0.05) is 270 Å². The number of aliphatic hydroxyl groups excluding tert-OH is 1. The third-order valence-electron chi connectivity index (χ3n) is 13.8. The fraction of sp³-hybridized carbons (Fsp3) is 0.948. The molecule has 0 heterocycles. The van der Waals surface area contributed by atoms with Crippen molar-refractivity contribution < 1.29 is 32.9 Å². The van der Waals surface area contributed by atoms with Gasteiger partial charge in [-0.15, -0.1) is 0 Å². The summed E-state index contributed by atoms with van der Waals surface area (Å²) in [5, 5.41) is 14.1. The quantitative estimate of drug-likeness (QED) is 0.0243. The summed E-state index contributed by atoms with van der Waals surface area (Å²) in [6.07, 6.45) is 61.2. The smallest absolute Gasteiger partial charge is 0.391 e. The molecule has 0 aliphatic heterocycles. The van der Waals surface area contributed by atoms with Crippen LogP contribution in [-0.4, -0.2) is 73.4 Å². The molecule has 9 heteroatoms. The monoisotopic (exact) mass is 970 g/mol. The van der Waals surface area contributed by atoms with E-state index < -0.39 is 20.0 Å². The van der Waals surface area contributed by atoms with Crippen LogP contribution in [0.15, 0.2) is 12.2 Å². The third kappa shape index (κ3) is 52.9. The fourth-order valence-corrected chi connectivity index (χ4v) is 9.84. The Kier molecular flexibility index (Phi) is 49.6. The van der Waals surface area contributed by atoms with Gasteiger partial charge in [0.1, 0.15) is 13.2 Å². The number of hydrogen-bond acceptors (Lipinski definition) is 5. The predicted molar refractivity (Wildman–Crippen MR) is 291 cm³/mol. The van der Waals surface area contributed by atoms with Crippen LogP contribution >= 0.6 is 7.82 Å². The van der Waals surface area contributed by atoms with Gasteiger partial charge in [0.15, 0.2) is 0 Å². The molecule has 0 aliphatic rings. The van der Waals surface area contributed by atoms with Crippen LogP contribution in [0.4, 0.5) is 0 Å². The zero-order chi connectivity index (χ0) is 49.2. The van der Waals surface area contributed by atoms with Gasteiger partial charge in [-0.2, -0.15) is 0 Å². The molecule has 3 unspecified atom stereocenters. The number of hydrogen-bond donors (Lipinski definition) is 3. The van der Waals surface area contributed by atoms with Crippen LogP contribution in [0.3, 0.4) is 0 Å². The van der Waals surface area contributed by atoms with Gasteiger partial charge in [0.25, 0.3) is 0 Å². The molecule has 0 aliphatic carbocycles. The lowest BCUT2D eigenvalue weighted by Crippen LogP contribution is -2.46. The molecular weight excluding hydrogens is 852 g/mol. The minimum absolute atomic E-state index is 0.0769. The number of rotatable bonds is 55. The maximum absolute atomic E-state index is 13.0. The molecule has 400 valence electrons. The molecule has 8 nitrogen and oxygen atoms in total. The van der Waals surface area contributed by atoms with E-state index in [1.54, 1.807) is 0 Å². The van der Waals surface area contributed by atoms with E-state index >= 15 is 0 Å². The minimum atomic E-state index is -4.32. The number of quaternary nitrogens is 1. The average Bonchev–Trinajstić information content (AvgIpc) is 3.29. The molecule has 3 atom stereocenters. The normalized spacial score (nSPS) is 14.0. The summed E-state index contributed by atoms with van der Waals surface area (Å²) >= 11 is 0. The van der Waals surface area contributed by atoms with Crippen molar-refractivity contribution in [1.29, 1.82) is 0 Å². The van der Waals surface area contributed by atoms with E-state index in [-0.39, 0.29) is 19.1 Å². The van der Waals surface area contributed by atoms with Crippen LogP contribution < -0.4 is 5.32 Å². The Balaban J connectivity index is 4.14. The Morgan fingerprint density at radius 2 is 0.806 bits per heavy atom. The summed E-state index contributed by atoms with van der Waals surface area (Å²) in [5.41, 5.74) is 0. The van der Waals surface area contributed by atoms with Gasteiger partial charge in [-0.3, -0.25) is 13.8 Å². The first-order valence-electron chi connectivity index (χ1n) is 29.6. The molecule has 0 aromatic heterocycles. The standard InChI is InChI=1S/C58H117N2O6P/c1-6-8-10-12-14-16-18-20-22-24-26-28-29-30-32-33-35-37-39-41-43-45-47-49-51-57(61)56(55-66-67(63,64)65-54-53-60(3,4)5)59-58(62)52-50-48-46-44-42-40-38-36-34-31-27-25-23-21-19-17-15-13-11-9-7-2/h25,27,56-57,61H,6-24,26,28-55H2,1-5H3,(H-,59,62,63,64)/p+1/b27-25-.